The van der Waals surface area contributed by atoms with Crippen molar-refractivity contribution in [3.8, 4) is 5.75 Å². The molecule has 0 saturated heterocycles. The molecular formula is C11H9BrClF3O2. The van der Waals surface area contributed by atoms with Crippen molar-refractivity contribution in [2.45, 2.75) is 18.7 Å². The Labute approximate surface area is 115 Å². The molecule has 0 spiro atoms. The summed E-state index contributed by atoms with van der Waals surface area (Å²) >= 11 is 8.66. The van der Waals surface area contributed by atoms with E-state index in [2.05, 4.69) is 20.7 Å². The van der Waals surface area contributed by atoms with E-state index in [4.69, 9.17) is 11.6 Å². The van der Waals surface area contributed by atoms with Gasteiger partial charge in [0, 0.05) is 12.3 Å². The number of ether oxygens (including phenoxy) is 1. The fourth-order valence-corrected chi connectivity index (χ4v) is 1.80. The van der Waals surface area contributed by atoms with Gasteiger partial charge in [0.2, 0.25) is 0 Å². The molecule has 1 rings (SSSR count). The summed E-state index contributed by atoms with van der Waals surface area (Å²) in [6.07, 6.45) is -4.61. The lowest BCUT2D eigenvalue weighted by Gasteiger charge is -2.12. The molecule has 0 amide bonds. The Morgan fingerprint density at radius 2 is 2.00 bits per heavy atom. The van der Waals surface area contributed by atoms with Crippen LogP contribution >= 0.6 is 27.5 Å². The summed E-state index contributed by atoms with van der Waals surface area (Å²) in [5.74, 6) is -0.404. The molecule has 0 fully saturated rings. The topological polar surface area (TPSA) is 26.3 Å². The third-order valence-electron chi connectivity index (χ3n) is 2.09. The second-order valence-electron chi connectivity index (χ2n) is 3.46. The van der Waals surface area contributed by atoms with Crippen LogP contribution in [0.2, 0.25) is 0 Å². The van der Waals surface area contributed by atoms with Crippen molar-refractivity contribution in [1.29, 1.82) is 0 Å². The molecular weight excluding hydrogens is 336 g/mol. The van der Waals surface area contributed by atoms with E-state index in [1.165, 1.54) is 18.2 Å². The molecule has 0 unspecified atom stereocenters. The predicted molar refractivity (Wildman–Crippen MR) is 65.2 cm³/mol. The van der Waals surface area contributed by atoms with Gasteiger partial charge in [-0.05, 0) is 23.3 Å². The SMILES string of the molecule is O=C(CBr)Cc1ccc(OC(F)(F)F)cc1CCl. The first kappa shape index (κ1) is 15.3. The zero-order valence-electron chi connectivity index (χ0n) is 9.06. The van der Waals surface area contributed by atoms with E-state index >= 15 is 0 Å². The molecule has 0 N–H and O–H groups in total. The Bertz CT molecular complexity index is 435. The van der Waals surface area contributed by atoms with Gasteiger partial charge in [-0.3, -0.25) is 4.79 Å². The number of Topliss-reactive ketones (excluding diaryl/α,β-unsaturated/α-hetero) is 1. The molecule has 0 atom stereocenters. The Balaban J connectivity index is 2.93. The van der Waals surface area contributed by atoms with E-state index in [9.17, 15) is 18.0 Å². The number of benzene rings is 1. The number of alkyl halides is 5. The summed E-state index contributed by atoms with van der Waals surface area (Å²) in [5.41, 5.74) is 1.05. The summed E-state index contributed by atoms with van der Waals surface area (Å²) in [6, 6.07) is 3.77. The highest BCUT2D eigenvalue weighted by atomic mass is 79.9. The zero-order valence-corrected chi connectivity index (χ0v) is 11.4. The van der Waals surface area contributed by atoms with Crippen LogP contribution in [0, 0.1) is 0 Å². The fourth-order valence-electron chi connectivity index (χ4n) is 1.36. The first-order chi connectivity index (χ1) is 8.35. The highest BCUT2D eigenvalue weighted by molar-refractivity contribution is 9.09. The van der Waals surface area contributed by atoms with Gasteiger partial charge in [-0.25, -0.2) is 0 Å². The van der Waals surface area contributed by atoms with E-state index in [1.54, 1.807) is 0 Å². The van der Waals surface area contributed by atoms with Crippen LogP contribution in [-0.4, -0.2) is 17.5 Å². The number of hydrogen-bond acceptors (Lipinski definition) is 2. The van der Waals surface area contributed by atoms with E-state index in [0.29, 0.717) is 11.1 Å². The molecule has 18 heavy (non-hydrogen) atoms. The van der Waals surface area contributed by atoms with Crippen molar-refractivity contribution in [3.63, 3.8) is 0 Å². The maximum atomic E-state index is 12.0. The highest BCUT2D eigenvalue weighted by Crippen LogP contribution is 2.26. The predicted octanol–water partition coefficient (Wildman–Crippen LogP) is 3.83. The Morgan fingerprint density at radius 1 is 1.33 bits per heavy atom. The summed E-state index contributed by atoms with van der Waals surface area (Å²) in [5, 5.41) is 0.190. The Hall–Kier alpha value is -0.750. The standard InChI is InChI=1S/C11H9BrClF3O2/c12-5-9(17)3-7-1-2-10(4-8(7)6-13)18-11(14,15)16/h1-2,4H,3,5-6H2. The average Bonchev–Trinajstić information content (AvgIpc) is 2.28. The zero-order chi connectivity index (χ0) is 13.8. The van der Waals surface area contributed by atoms with Crippen LogP contribution in [-0.2, 0) is 17.1 Å². The molecule has 2 nitrogen and oxygen atoms in total. The lowest BCUT2D eigenvalue weighted by Crippen LogP contribution is -2.17. The van der Waals surface area contributed by atoms with Gasteiger partial charge in [0.05, 0.1) is 5.33 Å². The number of carbonyl (C=O) groups is 1. The Morgan fingerprint density at radius 3 is 2.50 bits per heavy atom. The van der Waals surface area contributed by atoms with Gasteiger partial charge in [-0.2, -0.15) is 0 Å². The molecule has 1 aromatic rings. The number of hydrogen-bond donors (Lipinski definition) is 0. The molecule has 0 aliphatic carbocycles. The Kier molecular flexibility index (Phi) is 5.47. The molecule has 7 heteroatoms. The average molecular weight is 346 g/mol. The van der Waals surface area contributed by atoms with Gasteiger partial charge in [0.1, 0.15) is 11.5 Å². The summed E-state index contributed by atoms with van der Waals surface area (Å²) in [4.78, 5) is 11.3. The van der Waals surface area contributed by atoms with Gasteiger partial charge < -0.3 is 4.74 Å². The van der Waals surface area contributed by atoms with Crippen LogP contribution in [0.1, 0.15) is 11.1 Å². The van der Waals surface area contributed by atoms with Crippen molar-refractivity contribution in [2.24, 2.45) is 0 Å². The number of ketones is 1. The second kappa shape index (κ2) is 6.43. The lowest BCUT2D eigenvalue weighted by molar-refractivity contribution is -0.274. The van der Waals surface area contributed by atoms with Crippen molar-refractivity contribution < 1.29 is 22.7 Å². The summed E-state index contributed by atoms with van der Waals surface area (Å²) in [7, 11) is 0. The van der Waals surface area contributed by atoms with Crippen LogP contribution in [0.25, 0.3) is 0 Å². The van der Waals surface area contributed by atoms with Crippen LogP contribution < -0.4 is 4.74 Å². The number of halogens is 5. The molecule has 100 valence electrons. The van der Waals surface area contributed by atoms with Gasteiger partial charge in [-0.15, -0.1) is 24.8 Å². The molecule has 0 bridgehead atoms. The molecule has 0 aliphatic heterocycles. The van der Waals surface area contributed by atoms with Crippen molar-refractivity contribution in [1.82, 2.24) is 0 Å². The smallest absolute Gasteiger partial charge is 0.406 e. The molecule has 0 heterocycles. The van der Waals surface area contributed by atoms with E-state index in [1.807, 2.05) is 0 Å². The van der Waals surface area contributed by atoms with E-state index in [0.717, 1.165) is 0 Å². The van der Waals surface area contributed by atoms with Gasteiger partial charge in [-0.1, -0.05) is 22.0 Å². The van der Waals surface area contributed by atoms with Crippen LogP contribution in [0.5, 0.6) is 5.75 Å². The fraction of sp³-hybridized carbons (Fsp3) is 0.364. The van der Waals surface area contributed by atoms with Crippen LogP contribution in [0.3, 0.4) is 0 Å². The largest absolute Gasteiger partial charge is 0.573 e. The van der Waals surface area contributed by atoms with Crippen molar-refractivity contribution >= 4 is 33.3 Å². The molecule has 0 radical (unpaired) electrons. The van der Waals surface area contributed by atoms with Gasteiger partial charge >= 0.3 is 6.36 Å². The molecule has 1 aromatic carbocycles. The van der Waals surface area contributed by atoms with Crippen molar-refractivity contribution in [3.05, 3.63) is 29.3 Å². The number of rotatable bonds is 5. The maximum Gasteiger partial charge on any atom is 0.573 e. The monoisotopic (exact) mass is 344 g/mol. The lowest BCUT2D eigenvalue weighted by atomic mass is 10.0. The van der Waals surface area contributed by atoms with E-state index < -0.39 is 6.36 Å². The van der Waals surface area contributed by atoms with Crippen LogP contribution in [0.4, 0.5) is 13.2 Å². The van der Waals surface area contributed by atoms with Crippen molar-refractivity contribution in [2.75, 3.05) is 5.33 Å². The van der Waals surface area contributed by atoms with Gasteiger partial charge in [0.25, 0.3) is 0 Å². The molecule has 0 saturated carbocycles. The molecule has 0 aliphatic rings. The first-order valence-corrected chi connectivity index (χ1v) is 6.52. The van der Waals surface area contributed by atoms with Gasteiger partial charge in [0.15, 0.2) is 0 Å². The first-order valence-electron chi connectivity index (χ1n) is 4.87. The number of carbonyl (C=O) groups excluding carboxylic acids is 1. The summed E-state index contributed by atoms with van der Waals surface area (Å²) in [6.45, 7) is 0. The third-order valence-corrected chi connectivity index (χ3v) is 3.01. The minimum Gasteiger partial charge on any atom is -0.406 e. The quantitative estimate of drug-likeness (QED) is 0.758. The normalized spacial score (nSPS) is 11.4. The maximum absolute atomic E-state index is 12.0. The third kappa shape index (κ3) is 4.86. The molecule has 0 aromatic heterocycles. The second-order valence-corrected chi connectivity index (χ2v) is 4.29. The summed E-state index contributed by atoms with van der Waals surface area (Å²) < 4.78 is 39.9. The highest BCUT2D eigenvalue weighted by Gasteiger charge is 2.31. The minimum atomic E-state index is -4.74. The van der Waals surface area contributed by atoms with E-state index in [-0.39, 0.29) is 29.2 Å². The minimum absolute atomic E-state index is 0.0138. The van der Waals surface area contributed by atoms with Crippen LogP contribution in [0.15, 0.2) is 18.2 Å².